The number of likely N-dealkylation sites (N-methyl/N-ethyl adjacent to an activating group) is 1. The number of benzene rings is 1. The summed E-state index contributed by atoms with van der Waals surface area (Å²) < 4.78 is 45.9. The van der Waals surface area contributed by atoms with Crippen molar-refractivity contribution in [2.45, 2.75) is 44.4 Å². The van der Waals surface area contributed by atoms with Crippen molar-refractivity contribution in [3.63, 3.8) is 0 Å². The number of pyridine rings is 1. The summed E-state index contributed by atoms with van der Waals surface area (Å²) in [5, 5.41) is 8.97. The summed E-state index contributed by atoms with van der Waals surface area (Å²) in [6.07, 6.45) is 3.33. The van der Waals surface area contributed by atoms with Crippen LogP contribution in [0.2, 0.25) is 0 Å². The zero-order valence-electron chi connectivity index (χ0n) is 18.8. The van der Waals surface area contributed by atoms with Crippen LogP contribution < -0.4 is 9.64 Å². The standard InChI is InChI=1S/C25H29F3N4O/c1-31-8-10-32(11-9-31)21-14-23(17-30-16-21)33-22-6-3-18(4-7-22)12-19-2-5-20(15-29)24(13-19)25(26,27)28/h2,5,13-14,16-18,22H,3-4,6-12H2,1H3. The van der Waals surface area contributed by atoms with Gasteiger partial charge >= 0.3 is 6.18 Å². The molecule has 0 bridgehead atoms. The third-order valence-corrected chi connectivity index (χ3v) is 6.70. The molecule has 1 saturated heterocycles. The van der Waals surface area contributed by atoms with Gasteiger partial charge in [0, 0.05) is 32.2 Å². The van der Waals surface area contributed by atoms with E-state index in [1.165, 1.54) is 6.07 Å². The number of alkyl halides is 3. The van der Waals surface area contributed by atoms with Crippen molar-refractivity contribution in [2.75, 3.05) is 38.1 Å². The van der Waals surface area contributed by atoms with Crippen LogP contribution in [0.25, 0.3) is 0 Å². The first-order valence-electron chi connectivity index (χ1n) is 11.5. The Morgan fingerprint density at radius 2 is 1.79 bits per heavy atom. The Morgan fingerprint density at radius 1 is 1.06 bits per heavy atom. The van der Waals surface area contributed by atoms with Crippen molar-refractivity contribution in [3.8, 4) is 11.8 Å². The minimum absolute atomic E-state index is 0.0949. The molecule has 0 amide bonds. The molecule has 0 atom stereocenters. The van der Waals surface area contributed by atoms with Crippen molar-refractivity contribution < 1.29 is 17.9 Å². The molecule has 1 aliphatic heterocycles. The zero-order valence-corrected chi connectivity index (χ0v) is 18.8. The first kappa shape index (κ1) is 23.4. The Hall–Kier alpha value is -2.79. The lowest BCUT2D eigenvalue weighted by atomic mass is 9.83. The van der Waals surface area contributed by atoms with Crippen molar-refractivity contribution in [1.29, 1.82) is 5.26 Å². The first-order valence-corrected chi connectivity index (χ1v) is 11.5. The molecular formula is C25H29F3N4O. The van der Waals surface area contributed by atoms with Gasteiger partial charge < -0.3 is 14.5 Å². The van der Waals surface area contributed by atoms with E-state index in [2.05, 4.69) is 27.9 Å². The number of halogens is 3. The average Bonchev–Trinajstić information content (AvgIpc) is 2.80. The topological polar surface area (TPSA) is 52.4 Å². The smallest absolute Gasteiger partial charge is 0.417 e. The Balaban J connectivity index is 1.31. The van der Waals surface area contributed by atoms with E-state index in [0.717, 1.165) is 69.4 Å². The van der Waals surface area contributed by atoms with Crippen molar-refractivity contribution in [2.24, 2.45) is 5.92 Å². The predicted molar refractivity (Wildman–Crippen MR) is 120 cm³/mol. The minimum atomic E-state index is -4.51. The van der Waals surface area contributed by atoms with E-state index >= 15 is 0 Å². The summed E-state index contributed by atoms with van der Waals surface area (Å²) >= 11 is 0. The molecule has 0 N–H and O–H groups in total. The molecule has 2 aliphatic rings. The second-order valence-corrected chi connectivity index (χ2v) is 9.12. The lowest BCUT2D eigenvalue weighted by Gasteiger charge is -2.34. The zero-order chi connectivity index (χ0) is 23.4. The molecule has 0 radical (unpaired) electrons. The van der Waals surface area contributed by atoms with Gasteiger partial charge in [0.05, 0.1) is 41.4 Å². The van der Waals surface area contributed by atoms with Gasteiger partial charge in [0.1, 0.15) is 5.75 Å². The molecule has 5 nitrogen and oxygen atoms in total. The molecule has 4 rings (SSSR count). The lowest BCUT2D eigenvalue weighted by molar-refractivity contribution is -0.137. The number of hydrogen-bond acceptors (Lipinski definition) is 5. The first-order chi connectivity index (χ1) is 15.8. The van der Waals surface area contributed by atoms with Gasteiger partial charge in [0.15, 0.2) is 0 Å². The molecule has 0 spiro atoms. The van der Waals surface area contributed by atoms with E-state index in [1.54, 1.807) is 18.3 Å². The van der Waals surface area contributed by atoms with Gasteiger partial charge in [0.25, 0.3) is 0 Å². The second kappa shape index (κ2) is 10.0. The van der Waals surface area contributed by atoms with Crippen LogP contribution in [0.4, 0.5) is 18.9 Å². The number of nitrogens with zero attached hydrogens (tertiary/aromatic N) is 4. The normalized spacial score (nSPS) is 22.1. The van der Waals surface area contributed by atoms with Crippen LogP contribution in [0, 0.1) is 17.2 Å². The number of piperazine rings is 1. The van der Waals surface area contributed by atoms with Gasteiger partial charge in [-0.2, -0.15) is 18.4 Å². The fourth-order valence-corrected chi connectivity index (χ4v) is 4.74. The van der Waals surface area contributed by atoms with E-state index in [0.29, 0.717) is 17.9 Å². The van der Waals surface area contributed by atoms with Gasteiger partial charge in [-0.1, -0.05) is 6.07 Å². The molecule has 2 aromatic rings. The molecule has 1 aromatic carbocycles. The number of aromatic nitrogens is 1. The highest BCUT2D eigenvalue weighted by molar-refractivity contribution is 5.48. The molecule has 1 saturated carbocycles. The molecule has 2 heterocycles. The van der Waals surface area contributed by atoms with Crippen LogP contribution in [0.3, 0.4) is 0 Å². The Bertz CT molecular complexity index is 988. The highest BCUT2D eigenvalue weighted by atomic mass is 19.4. The van der Waals surface area contributed by atoms with Gasteiger partial charge in [-0.3, -0.25) is 4.98 Å². The number of rotatable bonds is 5. The van der Waals surface area contributed by atoms with E-state index in [9.17, 15) is 13.2 Å². The van der Waals surface area contributed by atoms with Crippen LogP contribution in [-0.4, -0.2) is 49.2 Å². The van der Waals surface area contributed by atoms with Crippen LogP contribution in [0.15, 0.2) is 36.7 Å². The summed E-state index contributed by atoms with van der Waals surface area (Å²) in [6.45, 7) is 3.99. The predicted octanol–water partition coefficient (Wildman–Crippen LogP) is 4.90. The van der Waals surface area contributed by atoms with Gasteiger partial charge in [-0.05, 0) is 62.8 Å². The number of nitriles is 1. The quantitative estimate of drug-likeness (QED) is 0.638. The van der Waals surface area contributed by atoms with Gasteiger partial charge in [0.2, 0.25) is 0 Å². The molecule has 2 fully saturated rings. The maximum atomic E-state index is 13.2. The van der Waals surface area contributed by atoms with Crippen molar-refractivity contribution >= 4 is 5.69 Å². The highest BCUT2D eigenvalue weighted by Crippen LogP contribution is 2.35. The lowest BCUT2D eigenvalue weighted by Crippen LogP contribution is -2.44. The number of ether oxygens (including phenoxy) is 1. The fraction of sp³-hybridized carbons (Fsp3) is 0.520. The summed E-state index contributed by atoms with van der Waals surface area (Å²) in [6, 6.07) is 7.76. The Kier molecular flexibility index (Phi) is 7.08. The summed E-state index contributed by atoms with van der Waals surface area (Å²) in [5.41, 5.74) is 0.549. The molecule has 0 unspecified atom stereocenters. The maximum Gasteiger partial charge on any atom is 0.417 e. The number of hydrogen-bond donors (Lipinski definition) is 0. The second-order valence-electron chi connectivity index (χ2n) is 9.12. The monoisotopic (exact) mass is 458 g/mol. The van der Waals surface area contributed by atoms with E-state index in [1.807, 2.05) is 6.20 Å². The average molecular weight is 459 g/mol. The van der Waals surface area contributed by atoms with E-state index < -0.39 is 11.7 Å². The SMILES string of the molecule is CN1CCN(c2cncc(OC3CCC(Cc4ccc(C#N)c(C(F)(F)F)c4)CC3)c2)CC1. The molecule has 33 heavy (non-hydrogen) atoms. The third kappa shape index (κ3) is 5.97. The molecule has 1 aliphatic carbocycles. The van der Waals surface area contributed by atoms with Crippen molar-refractivity contribution in [3.05, 3.63) is 53.3 Å². The van der Waals surface area contributed by atoms with Crippen LogP contribution in [0.5, 0.6) is 5.75 Å². The third-order valence-electron chi connectivity index (χ3n) is 6.70. The highest BCUT2D eigenvalue weighted by Gasteiger charge is 2.34. The van der Waals surface area contributed by atoms with Crippen LogP contribution in [0.1, 0.15) is 42.4 Å². The number of anilines is 1. The fourth-order valence-electron chi connectivity index (χ4n) is 4.74. The summed E-state index contributed by atoms with van der Waals surface area (Å²) in [7, 11) is 2.13. The van der Waals surface area contributed by atoms with E-state index in [4.69, 9.17) is 10.00 Å². The van der Waals surface area contributed by atoms with Crippen LogP contribution in [-0.2, 0) is 12.6 Å². The summed E-state index contributed by atoms with van der Waals surface area (Å²) in [5.74, 6) is 1.09. The Morgan fingerprint density at radius 3 is 2.45 bits per heavy atom. The van der Waals surface area contributed by atoms with Gasteiger partial charge in [-0.25, -0.2) is 0 Å². The van der Waals surface area contributed by atoms with E-state index in [-0.39, 0.29) is 11.7 Å². The Labute approximate surface area is 192 Å². The molecule has 8 heteroatoms. The molecular weight excluding hydrogens is 429 g/mol. The maximum absolute atomic E-state index is 13.2. The largest absolute Gasteiger partial charge is 0.489 e. The molecule has 1 aromatic heterocycles. The van der Waals surface area contributed by atoms with Crippen molar-refractivity contribution in [1.82, 2.24) is 9.88 Å². The molecule has 176 valence electrons. The van der Waals surface area contributed by atoms with Crippen LogP contribution >= 0.6 is 0 Å². The van der Waals surface area contributed by atoms with Gasteiger partial charge in [-0.15, -0.1) is 0 Å². The summed E-state index contributed by atoms with van der Waals surface area (Å²) in [4.78, 5) is 9.00. The minimum Gasteiger partial charge on any atom is -0.489 e.